The van der Waals surface area contributed by atoms with E-state index in [1.54, 1.807) is 6.07 Å². The molecule has 0 saturated heterocycles. The molecule has 3 N–H and O–H groups in total. The SMILES string of the molecule is CC(CNC(=O)C1CC2CCCC(C1)C2N)Oc1ccccc1Cl. The molecule has 24 heavy (non-hydrogen) atoms. The van der Waals surface area contributed by atoms with Gasteiger partial charge in [-0.3, -0.25) is 4.79 Å². The number of para-hydroxylation sites is 1. The van der Waals surface area contributed by atoms with E-state index in [2.05, 4.69) is 5.32 Å². The lowest BCUT2D eigenvalue weighted by molar-refractivity contribution is -0.128. The Labute approximate surface area is 149 Å². The van der Waals surface area contributed by atoms with E-state index < -0.39 is 0 Å². The number of nitrogens with two attached hydrogens (primary N) is 1. The van der Waals surface area contributed by atoms with Crippen LogP contribution in [-0.4, -0.2) is 24.6 Å². The van der Waals surface area contributed by atoms with Crippen molar-refractivity contribution >= 4 is 17.5 Å². The van der Waals surface area contributed by atoms with E-state index in [4.69, 9.17) is 22.1 Å². The molecular formula is C19H27ClN2O2. The van der Waals surface area contributed by atoms with Crippen LogP contribution in [0.5, 0.6) is 5.75 Å². The van der Waals surface area contributed by atoms with Crippen LogP contribution in [0.3, 0.4) is 0 Å². The van der Waals surface area contributed by atoms with Crippen LogP contribution >= 0.6 is 11.6 Å². The summed E-state index contributed by atoms with van der Waals surface area (Å²) in [5.74, 6) is 1.94. The Morgan fingerprint density at radius 1 is 1.33 bits per heavy atom. The van der Waals surface area contributed by atoms with E-state index >= 15 is 0 Å². The average molecular weight is 351 g/mol. The highest BCUT2D eigenvalue weighted by atomic mass is 35.5. The molecule has 0 radical (unpaired) electrons. The van der Waals surface area contributed by atoms with Crippen LogP contribution in [0.2, 0.25) is 5.02 Å². The lowest BCUT2D eigenvalue weighted by Gasteiger charge is -2.43. The molecule has 3 rings (SSSR count). The maximum atomic E-state index is 12.5. The summed E-state index contributed by atoms with van der Waals surface area (Å²) in [6.07, 6.45) is 5.35. The average Bonchev–Trinajstić information content (AvgIpc) is 2.54. The molecule has 3 atom stereocenters. The van der Waals surface area contributed by atoms with Crippen molar-refractivity contribution in [1.82, 2.24) is 5.32 Å². The Morgan fingerprint density at radius 2 is 2.00 bits per heavy atom. The molecule has 4 nitrogen and oxygen atoms in total. The molecule has 0 heterocycles. The number of carbonyl (C=O) groups is 1. The molecule has 2 saturated carbocycles. The molecule has 2 aliphatic rings. The fourth-order valence-corrected chi connectivity index (χ4v) is 4.37. The number of nitrogens with one attached hydrogen (secondary N) is 1. The third-order valence-electron chi connectivity index (χ3n) is 5.51. The standard InChI is InChI=1S/C19H27ClN2O2/c1-12(24-17-8-3-2-7-16(17)20)11-22-19(23)15-9-13-5-4-6-14(10-15)18(13)21/h2-3,7-8,12-15,18H,4-6,9-11,21H2,1H3,(H,22,23). The molecule has 1 aromatic carbocycles. The molecule has 2 aliphatic carbocycles. The summed E-state index contributed by atoms with van der Waals surface area (Å²) in [6.45, 7) is 2.43. The van der Waals surface area contributed by atoms with Gasteiger partial charge in [0.15, 0.2) is 0 Å². The minimum Gasteiger partial charge on any atom is -0.487 e. The first-order valence-electron chi connectivity index (χ1n) is 8.99. The Bertz CT molecular complexity index is 566. The summed E-state index contributed by atoms with van der Waals surface area (Å²) in [5.41, 5.74) is 6.30. The maximum absolute atomic E-state index is 12.5. The monoisotopic (exact) mass is 350 g/mol. The molecule has 0 spiro atoms. The van der Waals surface area contributed by atoms with Crippen molar-refractivity contribution in [3.05, 3.63) is 29.3 Å². The molecule has 5 heteroatoms. The van der Waals surface area contributed by atoms with E-state index in [9.17, 15) is 4.79 Å². The summed E-state index contributed by atoms with van der Waals surface area (Å²) in [4.78, 5) is 12.5. The summed E-state index contributed by atoms with van der Waals surface area (Å²) in [5, 5.41) is 3.64. The Morgan fingerprint density at radius 3 is 2.67 bits per heavy atom. The van der Waals surface area contributed by atoms with Gasteiger partial charge in [0.1, 0.15) is 11.9 Å². The van der Waals surface area contributed by atoms with Gasteiger partial charge in [0, 0.05) is 12.0 Å². The summed E-state index contributed by atoms with van der Waals surface area (Å²) in [7, 11) is 0. The highest BCUT2D eigenvalue weighted by molar-refractivity contribution is 6.32. The summed E-state index contributed by atoms with van der Waals surface area (Å²) < 4.78 is 5.81. The molecule has 0 aromatic heterocycles. The molecule has 3 unspecified atom stereocenters. The van der Waals surface area contributed by atoms with Gasteiger partial charge in [-0.15, -0.1) is 0 Å². The van der Waals surface area contributed by atoms with Gasteiger partial charge in [0.2, 0.25) is 5.91 Å². The molecule has 0 aliphatic heterocycles. The van der Waals surface area contributed by atoms with Crippen LogP contribution in [0.4, 0.5) is 0 Å². The van der Waals surface area contributed by atoms with Gasteiger partial charge in [-0.1, -0.05) is 30.2 Å². The smallest absolute Gasteiger partial charge is 0.223 e. The minimum atomic E-state index is -0.126. The zero-order valence-corrected chi connectivity index (χ0v) is 15.0. The normalized spacial score (nSPS) is 30.5. The second kappa shape index (κ2) is 7.75. The van der Waals surface area contributed by atoms with Crippen molar-refractivity contribution in [2.45, 2.75) is 51.2 Å². The number of hydrogen-bond donors (Lipinski definition) is 2. The predicted octanol–water partition coefficient (Wildman–Crippen LogP) is 3.38. The molecule has 1 aromatic rings. The van der Waals surface area contributed by atoms with Crippen molar-refractivity contribution in [3.63, 3.8) is 0 Å². The van der Waals surface area contributed by atoms with Crippen LogP contribution in [-0.2, 0) is 4.79 Å². The predicted molar refractivity (Wildman–Crippen MR) is 96.1 cm³/mol. The number of hydrogen-bond acceptors (Lipinski definition) is 3. The first-order valence-corrected chi connectivity index (χ1v) is 9.37. The van der Waals surface area contributed by atoms with Gasteiger partial charge >= 0.3 is 0 Å². The van der Waals surface area contributed by atoms with E-state index in [1.807, 2.05) is 25.1 Å². The van der Waals surface area contributed by atoms with Gasteiger partial charge in [-0.2, -0.15) is 0 Å². The van der Waals surface area contributed by atoms with Crippen molar-refractivity contribution in [2.75, 3.05) is 6.54 Å². The number of amides is 1. The van der Waals surface area contributed by atoms with Crippen molar-refractivity contribution in [3.8, 4) is 5.75 Å². The Hall–Kier alpha value is -1.26. The second-order valence-electron chi connectivity index (χ2n) is 7.30. The van der Waals surface area contributed by atoms with Crippen LogP contribution in [0, 0.1) is 17.8 Å². The van der Waals surface area contributed by atoms with E-state index in [1.165, 1.54) is 19.3 Å². The van der Waals surface area contributed by atoms with Crippen molar-refractivity contribution in [2.24, 2.45) is 23.5 Å². The largest absolute Gasteiger partial charge is 0.487 e. The lowest BCUT2D eigenvalue weighted by atomic mass is 9.65. The fourth-order valence-electron chi connectivity index (χ4n) is 4.19. The first-order chi connectivity index (χ1) is 11.5. The number of halogens is 1. The van der Waals surface area contributed by atoms with Gasteiger partial charge in [0.25, 0.3) is 0 Å². The van der Waals surface area contributed by atoms with Gasteiger partial charge in [-0.05, 0) is 56.6 Å². The lowest BCUT2D eigenvalue weighted by Crippen LogP contribution is -2.49. The van der Waals surface area contributed by atoms with E-state index in [0.29, 0.717) is 35.2 Å². The van der Waals surface area contributed by atoms with Crippen LogP contribution < -0.4 is 15.8 Å². The zero-order chi connectivity index (χ0) is 17.1. The number of fused-ring (bicyclic) bond motifs is 2. The molecule has 2 fully saturated rings. The number of carbonyl (C=O) groups excluding carboxylic acids is 1. The Balaban J connectivity index is 1.48. The first kappa shape index (κ1) is 17.6. The van der Waals surface area contributed by atoms with Gasteiger partial charge < -0.3 is 15.8 Å². The third-order valence-corrected chi connectivity index (χ3v) is 5.82. The number of ether oxygens (including phenoxy) is 1. The fraction of sp³-hybridized carbons (Fsp3) is 0.632. The maximum Gasteiger partial charge on any atom is 0.223 e. The minimum absolute atomic E-state index is 0.104. The van der Waals surface area contributed by atoms with E-state index in [-0.39, 0.29) is 17.9 Å². The van der Waals surface area contributed by atoms with E-state index in [0.717, 1.165) is 12.8 Å². The molecule has 132 valence electrons. The summed E-state index contributed by atoms with van der Waals surface area (Å²) >= 11 is 6.10. The molecule has 1 amide bonds. The van der Waals surface area contributed by atoms with Crippen LogP contribution in [0.15, 0.2) is 24.3 Å². The van der Waals surface area contributed by atoms with Crippen LogP contribution in [0.25, 0.3) is 0 Å². The highest BCUT2D eigenvalue weighted by Crippen LogP contribution is 2.41. The third kappa shape index (κ3) is 4.04. The summed E-state index contributed by atoms with van der Waals surface area (Å²) in [6, 6.07) is 7.68. The topological polar surface area (TPSA) is 64.4 Å². The number of rotatable bonds is 5. The van der Waals surface area contributed by atoms with Crippen LogP contribution in [0.1, 0.15) is 39.0 Å². The molecular weight excluding hydrogens is 324 g/mol. The quantitative estimate of drug-likeness (QED) is 0.855. The van der Waals surface area contributed by atoms with Crippen molar-refractivity contribution in [1.29, 1.82) is 0 Å². The molecule has 2 bridgehead atoms. The second-order valence-corrected chi connectivity index (χ2v) is 7.71. The van der Waals surface area contributed by atoms with Gasteiger partial charge in [-0.25, -0.2) is 0 Å². The van der Waals surface area contributed by atoms with Crippen molar-refractivity contribution < 1.29 is 9.53 Å². The Kier molecular flexibility index (Phi) is 5.67. The zero-order valence-electron chi connectivity index (χ0n) is 14.2. The van der Waals surface area contributed by atoms with Gasteiger partial charge in [0.05, 0.1) is 11.6 Å². The highest BCUT2D eigenvalue weighted by Gasteiger charge is 2.40. The number of benzene rings is 1.